The lowest BCUT2D eigenvalue weighted by atomic mass is 10.2. The first-order valence-electron chi connectivity index (χ1n) is 7.84. The summed E-state index contributed by atoms with van der Waals surface area (Å²) in [6, 6.07) is 13.4. The van der Waals surface area contributed by atoms with Crippen LogP contribution in [0.2, 0.25) is 0 Å². The Morgan fingerprint density at radius 2 is 1.71 bits per heavy atom. The van der Waals surface area contributed by atoms with Gasteiger partial charge in [0, 0.05) is 11.8 Å². The van der Waals surface area contributed by atoms with Crippen LogP contribution in [0.4, 0.5) is 18.9 Å². The summed E-state index contributed by atoms with van der Waals surface area (Å²) in [5, 5.41) is 12.3. The van der Waals surface area contributed by atoms with E-state index in [1.165, 1.54) is 36.4 Å². The quantitative estimate of drug-likeness (QED) is 0.504. The molecule has 0 radical (unpaired) electrons. The third kappa shape index (κ3) is 4.80. The second-order valence-electron chi connectivity index (χ2n) is 5.61. The molecule has 28 heavy (non-hydrogen) atoms. The number of nitrogens with zero attached hydrogens (tertiary/aromatic N) is 1. The van der Waals surface area contributed by atoms with Crippen molar-refractivity contribution < 1.29 is 27.8 Å². The van der Waals surface area contributed by atoms with E-state index in [4.69, 9.17) is 4.74 Å². The first-order chi connectivity index (χ1) is 13.2. The average molecular weight is 453 g/mol. The molecule has 0 aliphatic heterocycles. The number of carbonyl (C=O) groups excluding carboxylic acids is 1. The molecular formula is C19H12BrF3N2O3. The molecule has 144 valence electrons. The number of anilines is 1. The molecule has 2 N–H and O–H groups in total. The molecule has 0 saturated carbocycles. The Bertz CT molecular complexity index is 1030. The smallest absolute Gasteiger partial charge is 0.416 e. The molecular weight excluding hydrogens is 441 g/mol. The number of hydrogen-bond donors (Lipinski definition) is 2. The minimum atomic E-state index is -4.48. The molecule has 0 unspecified atom stereocenters. The van der Waals surface area contributed by atoms with Gasteiger partial charge in [-0.05, 0) is 58.4 Å². The second kappa shape index (κ2) is 7.89. The fraction of sp³-hybridized carbons (Fsp3) is 0.0526. The van der Waals surface area contributed by atoms with Crippen LogP contribution in [0.1, 0.15) is 16.1 Å². The fourth-order valence-corrected chi connectivity index (χ4v) is 2.60. The zero-order valence-corrected chi connectivity index (χ0v) is 15.6. The maximum absolute atomic E-state index is 12.8. The largest absolute Gasteiger partial charge is 0.505 e. The van der Waals surface area contributed by atoms with Gasteiger partial charge in [-0.1, -0.05) is 12.1 Å². The van der Waals surface area contributed by atoms with Crippen molar-refractivity contribution in [3.05, 3.63) is 76.5 Å². The van der Waals surface area contributed by atoms with Gasteiger partial charge in [0.2, 0.25) is 0 Å². The maximum Gasteiger partial charge on any atom is 0.416 e. The number of nitrogens with one attached hydrogen (secondary N) is 1. The minimum Gasteiger partial charge on any atom is -0.505 e. The van der Waals surface area contributed by atoms with Gasteiger partial charge in [0.25, 0.3) is 5.91 Å². The Labute approximate surface area is 165 Å². The van der Waals surface area contributed by atoms with Crippen molar-refractivity contribution in [3.8, 4) is 17.2 Å². The molecule has 0 fully saturated rings. The minimum absolute atomic E-state index is 0.00426. The molecule has 0 spiro atoms. The molecule has 3 rings (SSSR count). The summed E-state index contributed by atoms with van der Waals surface area (Å²) in [7, 11) is 0. The highest BCUT2D eigenvalue weighted by Crippen LogP contribution is 2.33. The standard InChI is InChI=1S/C19H12BrF3N2O3/c20-16-8-7-15(26)17(25-16)18(27)24-12-4-2-6-14(10-12)28-13-5-1-3-11(9-13)19(21,22)23/h1-10,26H,(H,24,27). The predicted octanol–water partition coefficient (Wildman–Crippen LogP) is 5.61. The molecule has 1 heterocycles. The molecule has 0 aliphatic carbocycles. The molecule has 1 amide bonds. The number of amides is 1. The normalized spacial score (nSPS) is 11.1. The SMILES string of the molecule is O=C(Nc1cccc(Oc2cccc(C(F)(F)F)c2)c1)c1nc(Br)ccc1O. The molecule has 9 heteroatoms. The lowest BCUT2D eigenvalue weighted by Gasteiger charge is -2.11. The van der Waals surface area contributed by atoms with E-state index in [2.05, 4.69) is 26.2 Å². The summed E-state index contributed by atoms with van der Waals surface area (Å²) in [5.74, 6) is -0.722. The maximum atomic E-state index is 12.8. The van der Waals surface area contributed by atoms with Crippen LogP contribution >= 0.6 is 15.9 Å². The number of ether oxygens (including phenoxy) is 1. The molecule has 0 bridgehead atoms. The van der Waals surface area contributed by atoms with Gasteiger partial charge >= 0.3 is 6.18 Å². The molecule has 0 saturated heterocycles. The number of hydrogen-bond acceptors (Lipinski definition) is 4. The topological polar surface area (TPSA) is 71.5 Å². The Morgan fingerprint density at radius 3 is 2.43 bits per heavy atom. The summed E-state index contributed by atoms with van der Waals surface area (Å²) in [6.07, 6.45) is -4.48. The fourth-order valence-electron chi connectivity index (χ4n) is 2.29. The van der Waals surface area contributed by atoms with Crippen LogP contribution in [-0.4, -0.2) is 16.0 Å². The van der Waals surface area contributed by atoms with Crippen LogP contribution in [0.5, 0.6) is 17.2 Å². The number of benzene rings is 2. The summed E-state index contributed by atoms with van der Waals surface area (Å²) in [5.41, 5.74) is -0.695. The van der Waals surface area contributed by atoms with Gasteiger partial charge in [0.1, 0.15) is 21.9 Å². The van der Waals surface area contributed by atoms with Crippen molar-refractivity contribution in [1.82, 2.24) is 4.98 Å². The Morgan fingerprint density at radius 1 is 1.04 bits per heavy atom. The van der Waals surface area contributed by atoms with Gasteiger partial charge in [-0.15, -0.1) is 0 Å². The van der Waals surface area contributed by atoms with E-state index in [1.54, 1.807) is 12.1 Å². The third-order valence-corrected chi connectivity index (χ3v) is 3.99. The first kappa shape index (κ1) is 19.7. The van der Waals surface area contributed by atoms with Crippen molar-refractivity contribution in [2.75, 3.05) is 5.32 Å². The Kier molecular flexibility index (Phi) is 5.55. The second-order valence-corrected chi connectivity index (χ2v) is 6.42. The molecule has 3 aromatic rings. The van der Waals surface area contributed by atoms with Crippen LogP contribution in [0, 0.1) is 0 Å². The highest BCUT2D eigenvalue weighted by Gasteiger charge is 2.30. The van der Waals surface area contributed by atoms with E-state index < -0.39 is 17.6 Å². The van der Waals surface area contributed by atoms with E-state index in [-0.39, 0.29) is 22.9 Å². The van der Waals surface area contributed by atoms with Gasteiger partial charge in [0.05, 0.1) is 5.56 Å². The van der Waals surface area contributed by atoms with Crippen molar-refractivity contribution in [1.29, 1.82) is 0 Å². The van der Waals surface area contributed by atoms with Crippen molar-refractivity contribution in [3.63, 3.8) is 0 Å². The van der Waals surface area contributed by atoms with Crippen LogP contribution in [0.15, 0.2) is 65.3 Å². The average Bonchev–Trinajstić information content (AvgIpc) is 2.63. The monoisotopic (exact) mass is 452 g/mol. The number of aromatic nitrogens is 1. The van der Waals surface area contributed by atoms with Crippen molar-refractivity contribution in [2.24, 2.45) is 0 Å². The van der Waals surface area contributed by atoms with Gasteiger partial charge in [0.15, 0.2) is 5.69 Å². The number of alkyl halides is 3. The van der Waals surface area contributed by atoms with Crippen LogP contribution in [0.25, 0.3) is 0 Å². The number of carbonyl (C=O) groups is 1. The first-order valence-corrected chi connectivity index (χ1v) is 8.64. The van der Waals surface area contributed by atoms with Crippen LogP contribution < -0.4 is 10.1 Å². The summed E-state index contributed by atoms with van der Waals surface area (Å²) in [6.45, 7) is 0. The van der Waals surface area contributed by atoms with E-state index in [0.717, 1.165) is 12.1 Å². The predicted molar refractivity (Wildman–Crippen MR) is 99.5 cm³/mol. The van der Waals surface area contributed by atoms with Gasteiger partial charge in [-0.25, -0.2) is 4.98 Å². The number of rotatable bonds is 4. The van der Waals surface area contributed by atoms with Gasteiger partial charge < -0.3 is 15.2 Å². The van der Waals surface area contributed by atoms with Crippen molar-refractivity contribution in [2.45, 2.75) is 6.18 Å². The lowest BCUT2D eigenvalue weighted by molar-refractivity contribution is -0.137. The van der Waals surface area contributed by atoms with Gasteiger partial charge in [-0.2, -0.15) is 13.2 Å². The molecule has 5 nitrogen and oxygen atoms in total. The number of aromatic hydroxyl groups is 1. The Balaban J connectivity index is 1.78. The van der Waals surface area contributed by atoms with E-state index in [9.17, 15) is 23.1 Å². The van der Waals surface area contributed by atoms with Gasteiger partial charge in [-0.3, -0.25) is 4.79 Å². The molecule has 2 aromatic carbocycles. The molecule has 0 atom stereocenters. The van der Waals surface area contributed by atoms with E-state index in [0.29, 0.717) is 10.3 Å². The summed E-state index contributed by atoms with van der Waals surface area (Å²) >= 11 is 3.12. The highest BCUT2D eigenvalue weighted by molar-refractivity contribution is 9.10. The Hall–Kier alpha value is -3.07. The van der Waals surface area contributed by atoms with Crippen LogP contribution in [0.3, 0.4) is 0 Å². The number of pyridine rings is 1. The molecule has 0 aliphatic rings. The molecule has 1 aromatic heterocycles. The summed E-state index contributed by atoms with van der Waals surface area (Å²) in [4.78, 5) is 16.2. The summed E-state index contributed by atoms with van der Waals surface area (Å²) < 4.78 is 44.2. The lowest BCUT2D eigenvalue weighted by Crippen LogP contribution is -2.14. The van der Waals surface area contributed by atoms with Crippen molar-refractivity contribution >= 4 is 27.5 Å². The van der Waals surface area contributed by atoms with E-state index >= 15 is 0 Å². The zero-order valence-electron chi connectivity index (χ0n) is 14.0. The zero-order chi connectivity index (χ0) is 20.3. The third-order valence-electron chi connectivity index (χ3n) is 3.54. The van der Waals surface area contributed by atoms with E-state index in [1.807, 2.05) is 0 Å². The van der Waals surface area contributed by atoms with Crippen LogP contribution in [-0.2, 0) is 6.18 Å². The highest BCUT2D eigenvalue weighted by atomic mass is 79.9. The number of halogens is 4.